The van der Waals surface area contributed by atoms with Crippen molar-refractivity contribution in [3.8, 4) is 0 Å². The fourth-order valence-corrected chi connectivity index (χ4v) is 2.53. The molecule has 1 saturated carbocycles. The second-order valence-electron chi connectivity index (χ2n) is 4.34. The first kappa shape index (κ1) is 14.0. The van der Waals surface area contributed by atoms with Gasteiger partial charge in [-0.15, -0.1) is 0 Å². The molecule has 1 N–H and O–H groups in total. The topological polar surface area (TPSA) is 12.0 Å². The van der Waals surface area contributed by atoms with E-state index in [-0.39, 0.29) is 0 Å². The third-order valence-electron chi connectivity index (χ3n) is 3.11. The van der Waals surface area contributed by atoms with Crippen molar-refractivity contribution >= 4 is 0 Å². The molecule has 0 radical (unpaired) electrons. The smallest absolute Gasteiger partial charge is 0.00721 e. The Balaban J connectivity index is 0.000000791. The molecule has 1 aliphatic carbocycles. The summed E-state index contributed by atoms with van der Waals surface area (Å²) >= 11 is 0. The molecule has 0 aromatic carbocycles. The van der Waals surface area contributed by atoms with Crippen molar-refractivity contribution < 1.29 is 0 Å². The fourth-order valence-electron chi connectivity index (χ4n) is 2.53. The highest BCUT2D eigenvalue weighted by Gasteiger charge is 2.24. The Hall–Kier alpha value is -0.0400. The molecular weight excluding hydrogens is 170 g/mol. The van der Waals surface area contributed by atoms with E-state index in [9.17, 15) is 0 Å². The van der Waals surface area contributed by atoms with Gasteiger partial charge in [0.05, 0.1) is 0 Å². The zero-order valence-corrected chi connectivity index (χ0v) is 10.8. The van der Waals surface area contributed by atoms with Gasteiger partial charge in [0.25, 0.3) is 0 Å². The Morgan fingerprint density at radius 3 is 2.21 bits per heavy atom. The average Bonchev–Trinajstić information content (AvgIpc) is 2.20. The van der Waals surface area contributed by atoms with Crippen LogP contribution in [-0.4, -0.2) is 12.6 Å². The normalized spacial score (nSPS) is 31.9. The first-order valence-electron chi connectivity index (χ1n) is 6.49. The highest BCUT2D eigenvalue weighted by Crippen LogP contribution is 2.30. The molecule has 0 saturated heterocycles. The quantitative estimate of drug-likeness (QED) is 0.728. The number of hydrogen-bond donors (Lipinski definition) is 1. The van der Waals surface area contributed by atoms with Crippen molar-refractivity contribution in [1.29, 1.82) is 0 Å². The largest absolute Gasteiger partial charge is 0.314 e. The van der Waals surface area contributed by atoms with Crippen LogP contribution in [0.25, 0.3) is 0 Å². The summed E-state index contributed by atoms with van der Waals surface area (Å²) in [4.78, 5) is 0. The van der Waals surface area contributed by atoms with E-state index in [1.165, 1.54) is 25.7 Å². The van der Waals surface area contributed by atoms with Crippen LogP contribution in [0.5, 0.6) is 0 Å². The summed E-state index contributed by atoms with van der Waals surface area (Å²) < 4.78 is 0. The van der Waals surface area contributed by atoms with Gasteiger partial charge < -0.3 is 5.32 Å². The van der Waals surface area contributed by atoms with Crippen LogP contribution in [0.1, 0.15) is 60.3 Å². The van der Waals surface area contributed by atoms with E-state index < -0.39 is 0 Å². The number of nitrogens with one attached hydrogen (secondary N) is 1. The molecule has 0 aliphatic heterocycles. The molecule has 86 valence electrons. The van der Waals surface area contributed by atoms with Crippen molar-refractivity contribution in [2.75, 3.05) is 6.54 Å². The first-order valence-corrected chi connectivity index (χ1v) is 6.49. The van der Waals surface area contributed by atoms with E-state index >= 15 is 0 Å². The Bertz CT molecular complexity index is 122. The van der Waals surface area contributed by atoms with Crippen LogP contribution in [-0.2, 0) is 0 Å². The Kier molecular flexibility index (Phi) is 8.26. The van der Waals surface area contributed by atoms with E-state index in [4.69, 9.17) is 0 Å². The summed E-state index contributed by atoms with van der Waals surface area (Å²) in [6, 6.07) is 0.809. The van der Waals surface area contributed by atoms with Gasteiger partial charge in [-0.25, -0.2) is 0 Å². The molecule has 0 heterocycles. The Labute approximate surface area is 90.7 Å². The second kappa shape index (κ2) is 8.28. The fraction of sp³-hybridized carbons (Fsp3) is 1.00. The average molecular weight is 199 g/mol. The number of rotatable bonds is 3. The molecule has 0 aromatic rings. The molecule has 0 aromatic heterocycles. The van der Waals surface area contributed by atoms with Gasteiger partial charge in [-0.05, 0) is 37.6 Å². The molecule has 0 amide bonds. The minimum Gasteiger partial charge on any atom is -0.314 e. The lowest BCUT2D eigenvalue weighted by Gasteiger charge is -2.33. The summed E-state index contributed by atoms with van der Waals surface area (Å²) in [5.41, 5.74) is 0. The number of hydrogen-bond acceptors (Lipinski definition) is 1. The van der Waals surface area contributed by atoms with Crippen LogP contribution in [0, 0.1) is 11.8 Å². The van der Waals surface area contributed by atoms with Gasteiger partial charge in [0.15, 0.2) is 0 Å². The highest BCUT2D eigenvalue weighted by atomic mass is 14.9. The maximum absolute atomic E-state index is 3.58. The zero-order valence-electron chi connectivity index (χ0n) is 10.8. The van der Waals surface area contributed by atoms with Gasteiger partial charge in [-0.1, -0.05) is 41.0 Å². The second-order valence-corrected chi connectivity index (χ2v) is 4.34. The monoisotopic (exact) mass is 199 g/mol. The summed E-state index contributed by atoms with van der Waals surface area (Å²) in [5.74, 6) is 1.92. The summed E-state index contributed by atoms with van der Waals surface area (Å²) in [6.45, 7) is 12.1. The molecule has 3 atom stereocenters. The molecule has 1 heteroatoms. The lowest BCUT2D eigenvalue weighted by Crippen LogP contribution is -2.36. The third-order valence-corrected chi connectivity index (χ3v) is 3.11. The van der Waals surface area contributed by atoms with E-state index in [1.807, 2.05) is 13.8 Å². The van der Waals surface area contributed by atoms with E-state index in [0.29, 0.717) is 0 Å². The van der Waals surface area contributed by atoms with Crippen LogP contribution in [0.2, 0.25) is 0 Å². The van der Waals surface area contributed by atoms with Crippen LogP contribution < -0.4 is 5.32 Å². The van der Waals surface area contributed by atoms with Gasteiger partial charge >= 0.3 is 0 Å². The maximum atomic E-state index is 3.58. The Morgan fingerprint density at radius 2 is 1.71 bits per heavy atom. The van der Waals surface area contributed by atoms with Crippen molar-refractivity contribution in [1.82, 2.24) is 5.32 Å². The molecule has 0 spiro atoms. The zero-order chi connectivity index (χ0) is 11.0. The van der Waals surface area contributed by atoms with Crippen molar-refractivity contribution in [3.05, 3.63) is 0 Å². The lowest BCUT2D eigenvalue weighted by molar-refractivity contribution is 0.223. The van der Waals surface area contributed by atoms with E-state index in [0.717, 1.165) is 24.4 Å². The van der Waals surface area contributed by atoms with Gasteiger partial charge in [-0.3, -0.25) is 0 Å². The standard InChI is InChI=1S/C11H23N.C2H6/c1-4-10-6-9(3)7-11(8-10)12-5-2;1-2/h9-12H,4-8H2,1-3H3;1-2H3. The molecule has 14 heavy (non-hydrogen) atoms. The predicted octanol–water partition coefficient (Wildman–Crippen LogP) is 3.84. The van der Waals surface area contributed by atoms with Gasteiger partial charge in [-0.2, -0.15) is 0 Å². The third kappa shape index (κ3) is 4.99. The van der Waals surface area contributed by atoms with Gasteiger partial charge in [0.1, 0.15) is 0 Å². The maximum Gasteiger partial charge on any atom is 0.00721 e. The summed E-state index contributed by atoms with van der Waals surface area (Å²) in [7, 11) is 0. The van der Waals surface area contributed by atoms with Crippen LogP contribution in [0.3, 0.4) is 0 Å². The van der Waals surface area contributed by atoms with Crippen molar-refractivity contribution in [3.63, 3.8) is 0 Å². The summed E-state index contributed by atoms with van der Waals surface area (Å²) in [6.07, 6.45) is 5.63. The van der Waals surface area contributed by atoms with E-state index in [2.05, 4.69) is 26.1 Å². The molecule has 1 rings (SSSR count). The molecule has 1 fully saturated rings. The van der Waals surface area contributed by atoms with Crippen molar-refractivity contribution in [2.45, 2.75) is 66.3 Å². The molecule has 1 aliphatic rings. The SMILES string of the molecule is CC.CCNC1CC(C)CC(CC)C1. The minimum absolute atomic E-state index is 0.809. The van der Waals surface area contributed by atoms with Gasteiger partial charge in [0, 0.05) is 6.04 Å². The summed E-state index contributed by atoms with van der Waals surface area (Å²) in [5, 5.41) is 3.58. The lowest BCUT2D eigenvalue weighted by atomic mass is 9.78. The highest BCUT2D eigenvalue weighted by molar-refractivity contribution is 4.80. The minimum atomic E-state index is 0.809. The molecule has 3 unspecified atom stereocenters. The molecule has 1 nitrogen and oxygen atoms in total. The van der Waals surface area contributed by atoms with Crippen molar-refractivity contribution in [2.24, 2.45) is 11.8 Å². The van der Waals surface area contributed by atoms with Crippen LogP contribution >= 0.6 is 0 Å². The Morgan fingerprint density at radius 1 is 1.07 bits per heavy atom. The molecular formula is C13H29N. The van der Waals surface area contributed by atoms with Crippen LogP contribution in [0.4, 0.5) is 0 Å². The predicted molar refractivity (Wildman–Crippen MR) is 65.6 cm³/mol. The first-order chi connectivity index (χ1) is 6.76. The van der Waals surface area contributed by atoms with Crippen LogP contribution in [0.15, 0.2) is 0 Å². The van der Waals surface area contributed by atoms with E-state index in [1.54, 1.807) is 0 Å². The van der Waals surface area contributed by atoms with Gasteiger partial charge in [0.2, 0.25) is 0 Å². The molecule has 0 bridgehead atoms.